The van der Waals surface area contributed by atoms with E-state index in [9.17, 15) is 18.5 Å². The number of amides is 1. The molecule has 0 aromatic carbocycles. The Labute approximate surface area is 176 Å². The number of hydrogen-bond acceptors (Lipinski definition) is 8. The Morgan fingerprint density at radius 2 is 1.69 bits per heavy atom. The van der Waals surface area contributed by atoms with E-state index in [1.165, 1.54) is 7.11 Å². The van der Waals surface area contributed by atoms with Crippen molar-refractivity contribution in [3.63, 3.8) is 0 Å². The Bertz CT molecular complexity index is 690. The first-order valence-corrected chi connectivity index (χ1v) is 14.0. The predicted molar refractivity (Wildman–Crippen MR) is 112 cm³/mol. The Morgan fingerprint density at radius 3 is 2.03 bits per heavy atom. The van der Waals surface area contributed by atoms with Gasteiger partial charge in [0.2, 0.25) is 0 Å². The van der Waals surface area contributed by atoms with Gasteiger partial charge in [0, 0.05) is 7.11 Å². The lowest BCUT2D eigenvalue weighted by Gasteiger charge is -2.40. The number of nitrogens with one attached hydrogen (secondary N) is 1. The van der Waals surface area contributed by atoms with Gasteiger partial charge in [0.25, 0.3) is 10.1 Å². The minimum atomic E-state index is -3.75. The molecular formula is C18H36N2O7SSi. The number of nitrogens with zero attached hydrogens (tertiary/aromatic N) is 1. The van der Waals surface area contributed by atoms with Gasteiger partial charge in [-0.25, -0.2) is 4.79 Å². The van der Waals surface area contributed by atoms with Crippen LogP contribution >= 0.6 is 0 Å². The van der Waals surface area contributed by atoms with E-state index in [-0.39, 0.29) is 5.04 Å². The number of nitriles is 1. The molecule has 0 bridgehead atoms. The third kappa shape index (κ3) is 10.4. The van der Waals surface area contributed by atoms with Crippen LogP contribution in [-0.4, -0.2) is 66.7 Å². The number of methoxy groups -OCH3 is 1. The van der Waals surface area contributed by atoms with Crippen molar-refractivity contribution < 1.29 is 31.3 Å². The molecule has 3 atom stereocenters. The lowest BCUT2D eigenvalue weighted by molar-refractivity contribution is -0.00498. The molecular weight excluding hydrogens is 416 g/mol. The van der Waals surface area contributed by atoms with E-state index in [1.54, 1.807) is 20.8 Å². The summed E-state index contributed by atoms with van der Waals surface area (Å²) < 4.78 is 44.5. The topological polar surface area (TPSA) is 124 Å². The summed E-state index contributed by atoms with van der Waals surface area (Å²) in [4.78, 5) is 12.4. The largest absolute Gasteiger partial charge is 0.444 e. The van der Waals surface area contributed by atoms with E-state index in [0.717, 1.165) is 6.26 Å². The van der Waals surface area contributed by atoms with Crippen molar-refractivity contribution in [1.82, 2.24) is 5.32 Å². The van der Waals surface area contributed by atoms with E-state index in [0.29, 0.717) is 0 Å². The van der Waals surface area contributed by atoms with Crippen molar-refractivity contribution in [2.75, 3.05) is 20.0 Å². The van der Waals surface area contributed by atoms with Crippen molar-refractivity contribution in [3.05, 3.63) is 0 Å². The summed E-state index contributed by atoms with van der Waals surface area (Å²) in [6.45, 7) is 14.7. The van der Waals surface area contributed by atoms with Crippen LogP contribution in [0.3, 0.4) is 0 Å². The highest BCUT2D eigenvalue weighted by Crippen LogP contribution is 2.37. The highest BCUT2D eigenvalue weighted by molar-refractivity contribution is 7.85. The highest BCUT2D eigenvalue weighted by atomic mass is 32.2. The molecule has 0 rings (SSSR count). The lowest BCUT2D eigenvalue weighted by atomic mass is 10.1. The Balaban J connectivity index is 5.84. The smallest absolute Gasteiger partial charge is 0.408 e. The maximum atomic E-state index is 12.4. The molecule has 1 N–H and O–H groups in total. The highest BCUT2D eigenvalue weighted by Gasteiger charge is 2.43. The zero-order valence-corrected chi connectivity index (χ0v) is 21.0. The molecule has 0 saturated carbocycles. The molecule has 0 aliphatic carbocycles. The summed E-state index contributed by atoms with van der Waals surface area (Å²) >= 11 is 0. The zero-order chi connectivity index (χ0) is 23.3. The van der Waals surface area contributed by atoms with Gasteiger partial charge in [0.1, 0.15) is 11.7 Å². The Morgan fingerprint density at radius 1 is 1.17 bits per heavy atom. The molecule has 29 heavy (non-hydrogen) atoms. The zero-order valence-electron chi connectivity index (χ0n) is 19.2. The Hall–Kier alpha value is -1.19. The molecule has 0 fully saturated rings. The van der Waals surface area contributed by atoms with Crippen LogP contribution in [0.5, 0.6) is 0 Å². The lowest BCUT2D eigenvalue weighted by Crippen LogP contribution is -2.57. The van der Waals surface area contributed by atoms with Gasteiger partial charge in [-0.3, -0.25) is 4.18 Å². The number of carbonyl (C=O) groups excluding carboxylic acids is 1. The summed E-state index contributed by atoms with van der Waals surface area (Å²) in [5.41, 5.74) is -0.761. The second-order valence-corrected chi connectivity index (χ2v) is 15.8. The maximum absolute atomic E-state index is 12.4. The van der Waals surface area contributed by atoms with Gasteiger partial charge in [-0.05, 0) is 38.9 Å². The van der Waals surface area contributed by atoms with Crippen molar-refractivity contribution in [2.45, 2.75) is 83.5 Å². The average molecular weight is 453 g/mol. The van der Waals surface area contributed by atoms with Gasteiger partial charge in [0.15, 0.2) is 14.4 Å². The van der Waals surface area contributed by atoms with Crippen LogP contribution < -0.4 is 5.32 Å². The molecule has 0 aromatic rings. The first kappa shape index (κ1) is 27.8. The van der Waals surface area contributed by atoms with Crippen LogP contribution in [-0.2, 0) is 28.2 Å². The first-order chi connectivity index (χ1) is 12.8. The summed E-state index contributed by atoms with van der Waals surface area (Å²) in [5.74, 6) is 0. The molecule has 1 amide bonds. The standard InChI is InChI=1S/C18H36N2O7SSi/c1-17(2,3)26-16(21)20-15(14(24-7)12-25-28(8,22)23)13(11-19)27-29(9,10)18(4,5)6/h13-15H,12H2,1-10H3,(H,20,21)/t13-,14+,15+/m1/s1. The van der Waals surface area contributed by atoms with Gasteiger partial charge >= 0.3 is 6.09 Å². The molecule has 9 nitrogen and oxygen atoms in total. The molecule has 0 spiro atoms. The molecule has 170 valence electrons. The van der Waals surface area contributed by atoms with E-state index >= 15 is 0 Å². The molecule has 11 heteroatoms. The first-order valence-electron chi connectivity index (χ1n) is 9.27. The fraction of sp³-hybridized carbons (Fsp3) is 0.889. The summed E-state index contributed by atoms with van der Waals surface area (Å²) in [7, 11) is -4.81. The van der Waals surface area contributed by atoms with Crippen LogP contribution in [0.15, 0.2) is 0 Å². The number of alkyl carbamates (subject to hydrolysis) is 1. The van der Waals surface area contributed by atoms with Gasteiger partial charge in [-0.15, -0.1) is 0 Å². The fourth-order valence-corrected chi connectivity index (χ4v) is 3.56. The van der Waals surface area contributed by atoms with Crippen LogP contribution in [0.4, 0.5) is 4.79 Å². The van der Waals surface area contributed by atoms with Gasteiger partial charge < -0.3 is 19.2 Å². The van der Waals surface area contributed by atoms with Crippen LogP contribution in [0.1, 0.15) is 41.5 Å². The molecule has 0 unspecified atom stereocenters. The van der Waals surface area contributed by atoms with E-state index in [1.807, 2.05) is 33.9 Å². The quantitative estimate of drug-likeness (QED) is 0.418. The van der Waals surface area contributed by atoms with Crippen LogP contribution in [0, 0.1) is 11.3 Å². The number of ether oxygens (including phenoxy) is 2. The SMILES string of the molecule is CO[C@@H](COS(C)(=O)=O)[C@@H](NC(=O)OC(C)(C)C)[C@@H](C#N)O[Si](C)(C)C(C)(C)C. The van der Waals surface area contributed by atoms with Gasteiger partial charge in [0.05, 0.1) is 25.0 Å². The minimum absolute atomic E-state index is 0.190. The maximum Gasteiger partial charge on any atom is 0.408 e. The second kappa shape index (κ2) is 10.2. The molecule has 0 heterocycles. The number of carbonyl (C=O) groups is 1. The van der Waals surface area contributed by atoms with E-state index in [2.05, 4.69) is 11.4 Å². The molecule has 0 aliphatic heterocycles. The summed E-state index contributed by atoms with van der Waals surface area (Å²) in [5, 5.41) is 12.2. The van der Waals surface area contributed by atoms with E-state index < -0.39 is 55.0 Å². The molecule has 0 aromatic heterocycles. The number of hydrogen-bond donors (Lipinski definition) is 1. The van der Waals surface area contributed by atoms with Crippen LogP contribution in [0.25, 0.3) is 0 Å². The van der Waals surface area contributed by atoms with Crippen molar-refractivity contribution in [1.29, 1.82) is 5.26 Å². The average Bonchev–Trinajstić information content (AvgIpc) is 2.48. The van der Waals surface area contributed by atoms with Gasteiger partial charge in [-0.2, -0.15) is 13.7 Å². The monoisotopic (exact) mass is 452 g/mol. The van der Waals surface area contributed by atoms with Crippen molar-refractivity contribution >= 4 is 24.5 Å². The third-order valence-electron chi connectivity index (χ3n) is 4.51. The van der Waals surface area contributed by atoms with Gasteiger partial charge in [-0.1, -0.05) is 20.8 Å². The van der Waals surface area contributed by atoms with Crippen molar-refractivity contribution in [3.8, 4) is 6.07 Å². The molecule has 0 radical (unpaired) electrons. The minimum Gasteiger partial charge on any atom is -0.444 e. The fourth-order valence-electron chi connectivity index (χ4n) is 1.99. The summed E-state index contributed by atoms with van der Waals surface area (Å²) in [6.07, 6.45) is -1.93. The number of rotatable bonds is 9. The third-order valence-corrected chi connectivity index (χ3v) is 9.53. The molecule has 0 aliphatic rings. The Kier molecular flexibility index (Phi) is 9.79. The van der Waals surface area contributed by atoms with Crippen LogP contribution in [0.2, 0.25) is 18.1 Å². The summed E-state index contributed by atoms with van der Waals surface area (Å²) in [6, 6.07) is 1.05. The molecule has 0 saturated heterocycles. The van der Waals surface area contributed by atoms with Crippen molar-refractivity contribution in [2.24, 2.45) is 0 Å². The normalized spacial score (nSPS) is 16.4. The second-order valence-electron chi connectivity index (χ2n) is 9.36. The predicted octanol–water partition coefficient (Wildman–Crippen LogP) is 2.78. The van der Waals surface area contributed by atoms with E-state index in [4.69, 9.17) is 18.1 Å².